The fraction of sp³-hybridized carbons (Fsp3) is 0.643. The summed E-state index contributed by atoms with van der Waals surface area (Å²) in [5.74, 6) is 0.621. The van der Waals surface area contributed by atoms with Crippen molar-refractivity contribution in [2.45, 2.75) is 108 Å². The van der Waals surface area contributed by atoms with Crippen molar-refractivity contribution in [3.05, 3.63) is 41.5 Å². The van der Waals surface area contributed by atoms with Crippen LogP contribution in [0.1, 0.15) is 95.2 Å². The Morgan fingerprint density at radius 3 is 2.09 bits per heavy atom. The first-order chi connectivity index (χ1) is 15.8. The first-order valence-electron chi connectivity index (χ1n) is 12.9. The van der Waals surface area contributed by atoms with E-state index in [0.717, 1.165) is 31.2 Å². The van der Waals surface area contributed by atoms with Crippen LogP contribution in [0.4, 0.5) is 13.2 Å². The highest BCUT2D eigenvalue weighted by Gasteiger charge is 2.39. The predicted octanol–water partition coefficient (Wildman–Crippen LogP) is 8.28. The zero-order chi connectivity index (χ0) is 23.2. The molecule has 2 nitrogen and oxygen atoms in total. The molecule has 0 spiro atoms. The Labute approximate surface area is 195 Å². The van der Waals surface area contributed by atoms with E-state index in [1.165, 1.54) is 44.6 Å². The maximum Gasteiger partial charge on any atom is 0.420 e. The van der Waals surface area contributed by atoms with Gasteiger partial charge < -0.3 is 4.74 Å². The van der Waals surface area contributed by atoms with Gasteiger partial charge in [0.15, 0.2) is 0 Å². The van der Waals surface area contributed by atoms with Crippen LogP contribution in [-0.2, 0) is 6.18 Å². The monoisotopic (exact) mass is 459 g/mol. The standard InChI is InChI=1S/C28H36F3NO/c1-18-9-14-24(15-10-18)33-26-16-13-20-11-12-21(17-25(20)27(26)28(29,30)31)19(2)32-22-5-3-6-23(32)8-4-7-22/h11-13,16-19,22-24H,3-10,14-15H2,1-2H3. The van der Waals surface area contributed by atoms with E-state index in [-0.39, 0.29) is 23.3 Å². The fourth-order valence-electron chi connectivity index (χ4n) is 6.66. The first kappa shape index (κ1) is 23.0. The van der Waals surface area contributed by atoms with E-state index in [9.17, 15) is 13.2 Å². The van der Waals surface area contributed by atoms with Crippen molar-refractivity contribution in [1.82, 2.24) is 4.90 Å². The minimum atomic E-state index is -4.46. The molecular formula is C28H36F3NO. The van der Waals surface area contributed by atoms with E-state index in [1.807, 2.05) is 12.1 Å². The SMILES string of the molecule is CC1CCC(Oc2ccc3ccc(C(C)N4C5CCCC4CCC5)cc3c2C(F)(F)F)CC1. The van der Waals surface area contributed by atoms with Crippen molar-refractivity contribution in [3.63, 3.8) is 0 Å². The highest BCUT2D eigenvalue weighted by molar-refractivity contribution is 5.89. The number of fused-ring (bicyclic) bond motifs is 3. The Kier molecular flexibility index (Phi) is 6.37. The first-order valence-corrected chi connectivity index (χ1v) is 12.9. The quantitative estimate of drug-likeness (QED) is 0.456. The molecule has 1 atom stereocenters. The summed E-state index contributed by atoms with van der Waals surface area (Å²) in [7, 11) is 0. The third-order valence-electron chi connectivity index (χ3n) is 8.47. The zero-order valence-corrected chi connectivity index (χ0v) is 19.8. The van der Waals surface area contributed by atoms with E-state index in [2.05, 4.69) is 18.7 Å². The number of alkyl halides is 3. The summed E-state index contributed by atoms with van der Waals surface area (Å²) in [6.07, 6.45) is 6.47. The van der Waals surface area contributed by atoms with Crippen LogP contribution >= 0.6 is 0 Å². The minimum Gasteiger partial charge on any atom is -0.490 e. The smallest absolute Gasteiger partial charge is 0.420 e. The number of hydrogen-bond acceptors (Lipinski definition) is 2. The lowest BCUT2D eigenvalue weighted by Gasteiger charge is -2.49. The van der Waals surface area contributed by atoms with Gasteiger partial charge >= 0.3 is 6.18 Å². The largest absolute Gasteiger partial charge is 0.490 e. The molecule has 5 heteroatoms. The molecule has 2 aromatic rings. The molecule has 1 aliphatic carbocycles. The highest BCUT2D eigenvalue weighted by atomic mass is 19.4. The second-order valence-corrected chi connectivity index (χ2v) is 10.7. The Morgan fingerprint density at radius 2 is 1.48 bits per heavy atom. The number of benzene rings is 2. The molecule has 0 aromatic heterocycles. The van der Waals surface area contributed by atoms with Gasteiger partial charge in [0, 0.05) is 18.1 Å². The van der Waals surface area contributed by atoms with Crippen molar-refractivity contribution in [2.24, 2.45) is 5.92 Å². The summed E-state index contributed by atoms with van der Waals surface area (Å²) in [6, 6.07) is 10.3. The summed E-state index contributed by atoms with van der Waals surface area (Å²) in [5, 5.41) is 0.900. The number of ether oxygens (including phenoxy) is 1. The Bertz CT molecular complexity index is 957. The molecule has 2 saturated heterocycles. The lowest BCUT2D eigenvalue weighted by atomic mass is 9.82. The Hall–Kier alpha value is -1.75. The molecule has 3 aliphatic rings. The van der Waals surface area contributed by atoms with Gasteiger partial charge in [0.25, 0.3) is 0 Å². The van der Waals surface area contributed by atoms with Crippen molar-refractivity contribution < 1.29 is 17.9 Å². The van der Waals surface area contributed by atoms with Crippen molar-refractivity contribution in [2.75, 3.05) is 0 Å². The second kappa shape index (κ2) is 9.13. The van der Waals surface area contributed by atoms with Crippen molar-refractivity contribution in [1.29, 1.82) is 0 Å². The molecule has 2 aliphatic heterocycles. The number of hydrogen-bond donors (Lipinski definition) is 0. The topological polar surface area (TPSA) is 12.5 Å². The average Bonchev–Trinajstić information content (AvgIpc) is 2.78. The molecule has 180 valence electrons. The highest BCUT2D eigenvalue weighted by Crippen LogP contribution is 2.45. The molecule has 2 heterocycles. The molecule has 1 unspecified atom stereocenters. The molecule has 3 fully saturated rings. The van der Waals surface area contributed by atoms with Crippen LogP contribution in [0.15, 0.2) is 30.3 Å². The van der Waals surface area contributed by atoms with Crippen LogP contribution in [0.25, 0.3) is 10.8 Å². The maximum absolute atomic E-state index is 14.4. The van der Waals surface area contributed by atoms with Crippen LogP contribution in [0.5, 0.6) is 5.75 Å². The lowest BCUT2D eigenvalue weighted by Crippen LogP contribution is -2.50. The van der Waals surface area contributed by atoms with Crippen LogP contribution in [-0.4, -0.2) is 23.1 Å². The summed E-state index contributed by atoms with van der Waals surface area (Å²) in [4.78, 5) is 2.60. The molecule has 0 N–H and O–H groups in total. The van der Waals surface area contributed by atoms with Gasteiger partial charge in [0.05, 0.1) is 6.10 Å². The third-order valence-corrected chi connectivity index (χ3v) is 8.47. The van der Waals surface area contributed by atoms with Gasteiger partial charge in [-0.15, -0.1) is 0 Å². The minimum absolute atomic E-state index is 0.00537. The summed E-state index contributed by atoms with van der Waals surface area (Å²) < 4.78 is 49.2. The second-order valence-electron chi connectivity index (χ2n) is 10.7. The number of rotatable bonds is 4. The van der Waals surface area contributed by atoms with Gasteiger partial charge in [-0.1, -0.05) is 38.0 Å². The van der Waals surface area contributed by atoms with Crippen LogP contribution in [0, 0.1) is 5.92 Å². The third kappa shape index (κ3) is 4.62. The number of nitrogens with zero attached hydrogens (tertiary/aromatic N) is 1. The molecule has 33 heavy (non-hydrogen) atoms. The summed E-state index contributed by atoms with van der Waals surface area (Å²) in [5.41, 5.74) is 0.377. The fourth-order valence-corrected chi connectivity index (χ4v) is 6.66. The summed E-state index contributed by atoms with van der Waals surface area (Å²) >= 11 is 0. The number of halogens is 3. The molecule has 1 saturated carbocycles. The molecule has 2 bridgehead atoms. The van der Waals surface area contributed by atoms with Gasteiger partial charge in [0.2, 0.25) is 0 Å². The van der Waals surface area contributed by atoms with Gasteiger partial charge in [0.1, 0.15) is 11.3 Å². The van der Waals surface area contributed by atoms with Crippen molar-refractivity contribution in [3.8, 4) is 5.75 Å². The van der Waals surface area contributed by atoms with E-state index >= 15 is 0 Å². The maximum atomic E-state index is 14.4. The molecule has 0 radical (unpaired) electrons. The van der Waals surface area contributed by atoms with Gasteiger partial charge in [-0.3, -0.25) is 4.90 Å². The average molecular weight is 460 g/mol. The normalized spacial score (nSPS) is 29.7. The van der Waals surface area contributed by atoms with E-state index < -0.39 is 11.7 Å². The molecule has 2 aromatic carbocycles. The van der Waals surface area contributed by atoms with Gasteiger partial charge in [-0.2, -0.15) is 13.2 Å². The summed E-state index contributed by atoms with van der Waals surface area (Å²) in [6.45, 7) is 4.38. The van der Waals surface area contributed by atoms with Crippen molar-refractivity contribution >= 4 is 10.8 Å². The van der Waals surface area contributed by atoms with Gasteiger partial charge in [-0.05, 0) is 92.7 Å². The van der Waals surface area contributed by atoms with E-state index in [0.29, 0.717) is 23.4 Å². The van der Waals surface area contributed by atoms with Crippen LogP contribution in [0.3, 0.4) is 0 Å². The van der Waals surface area contributed by atoms with E-state index in [4.69, 9.17) is 4.74 Å². The predicted molar refractivity (Wildman–Crippen MR) is 127 cm³/mol. The Balaban J connectivity index is 1.50. The van der Waals surface area contributed by atoms with Gasteiger partial charge in [-0.25, -0.2) is 0 Å². The van der Waals surface area contributed by atoms with Crippen LogP contribution in [0.2, 0.25) is 0 Å². The van der Waals surface area contributed by atoms with Crippen LogP contribution < -0.4 is 4.74 Å². The zero-order valence-electron chi connectivity index (χ0n) is 19.8. The molecular weight excluding hydrogens is 423 g/mol. The molecule has 0 amide bonds. The lowest BCUT2D eigenvalue weighted by molar-refractivity contribution is -0.138. The Morgan fingerprint density at radius 1 is 0.879 bits per heavy atom. The van der Waals surface area contributed by atoms with E-state index in [1.54, 1.807) is 12.1 Å². The number of piperidine rings is 2. The molecule has 5 rings (SSSR count).